The summed E-state index contributed by atoms with van der Waals surface area (Å²) in [5.74, 6) is -0.504. The lowest BCUT2D eigenvalue weighted by Crippen LogP contribution is -2.42. The van der Waals surface area contributed by atoms with Crippen LogP contribution in [-0.2, 0) is 0 Å². The van der Waals surface area contributed by atoms with Crippen LogP contribution in [0.15, 0.2) is 52.0 Å². The molecule has 3 aromatic rings. The summed E-state index contributed by atoms with van der Waals surface area (Å²) in [6.45, 7) is 8.45. The highest BCUT2D eigenvalue weighted by Crippen LogP contribution is 2.39. The van der Waals surface area contributed by atoms with Crippen molar-refractivity contribution in [1.82, 2.24) is 5.43 Å². The molecule has 1 aliphatic heterocycles. The van der Waals surface area contributed by atoms with E-state index in [2.05, 4.69) is 61.5 Å². The summed E-state index contributed by atoms with van der Waals surface area (Å²) in [7, 11) is 2.08. The van der Waals surface area contributed by atoms with Crippen LogP contribution >= 0.6 is 0 Å². The Balaban J connectivity index is 1.54. The van der Waals surface area contributed by atoms with Crippen LogP contribution in [-0.4, -0.2) is 29.6 Å². The average Bonchev–Trinajstić information content (AvgIpc) is 3.16. The van der Waals surface area contributed by atoms with Gasteiger partial charge in [-0.2, -0.15) is 5.10 Å². The molecule has 0 radical (unpaired) electrons. The third kappa shape index (κ3) is 3.75. The Morgan fingerprint density at radius 1 is 1.22 bits per heavy atom. The number of carbonyl (C=O) groups is 1. The quantitative estimate of drug-likeness (QED) is 0.353. The van der Waals surface area contributed by atoms with Crippen molar-refractivity contribution in [3.05, 3.63) is 75.0 Å². The minimum absolute atomic E-state index is 0.0300. The van der Waals surface area contributed by atoms with E-state index in [0.717, 1.165) is 22.4 Å². The summed E-state index contributed by atoms with van der Waals surface area (Å²) in [6.07, 6.45) is 3.84. The molecule has 0 fully saturated rings. The summed E-state index contributed by atoms with van der Waals surface area (Å²) < 4.78 is 5.49. The van der Waals surface area contributed by atoms with E-state index in [4.69, 9.17) is 4.42 Å². The molecule has 8 heteroatoms. The van der Waals surface area contributed by atoms with Crippen molar-refractivity contribution >= 4 is 40.0 Å². The Hall–Kier alpha value is -3.94. The molecule has 2 heterocycles. The van der Waals surface area contributed by atoms with Crippen LogP contribution in [0.5, 0.6) is 0 Å². The number of hydrazone groups is 1. The Bertz CT molecular complexity index is 1320. The molecule has 0 spiro atoms. The highest BCUT2D eigenvalue weighted by atomic mass is 16.6. The summed E-state index contributed by atoms with van der Waals surface area (Å²) in [5, 5.41) is 15.5. The van der Waals surface area contributed by atoms with Gasteiger partial charge >= 0.3 is 5.91 Å². The lowest BCUT2D eigenvalue weighted by molar-refractivity contribution is -0.384. The minimum atomic E-state index is -0.534. The molecule has 0 saturated carbocycles. The van der Waals surface area contributed by atoms with Crippen molar-refractivity contribution in [1.29, 1.82) is 0 Å². The van der Waals surface area contributed by atoms with E-state index in [1.165, 1.54) is 29.8 Å². The molecule has 164 valence electrons. The third-order valence-corrected chi connectivity index (χ3v) is 5.91. The van der Waals surface area contributed by atoms with Gasteiger partial charge in [0.1, 0.15) is 5.58 Å². The molecule has 0 bridgehead atoms. The van der Waals surface area contributed by atoms with Crippen molar-refractivity contribution in [2.45, 2.75) is 33.2 Å². The Morgan fingerprint density at radius 3 is 2.69 bits per heavy atom. The van der Waals surface area contributed by atoms with Gasteiger partial charge in [0.2, 0.25) is 0 Å². The second-order valence-electron chi connectivity index (χ2n) is 8.55. The number of nitrogens with zero attached hydrogens (tertiary/aromatic N) is 3. The first-order chi connectivity index (χ1) is 15.1. The van der Waals surface area contributed by atoms with E-state index in [-0.39, 0.29) is 17.0 Å². The van der Waals surface area contributed by atoms with Gasteiger partial charge in [-0.15, -0.1) is 0 Å². The Morgan fingerprint density at radius 2 is 1.97 bits per heavy atom. The first-order valence-corrected chi connectivity index (χ1v) is 10.2. The van der Waals surface area contributed by atoms with Crippen LogP contribution in [0.4, 0.5) is 11.4 Å². The number of carbonyl (C=O) groups excluding carboxylic acids is 1. The van der Waals surface area contributed by atoms with E-state index in [0.29, 0.717) is 11.0 Å². The van der Waals surface area contributed by atoms with Crippen molar-refractivity contribution in [2.75, 3.05) is 11.9 Å². The number of nitro benzene ring substituents is 1. The van der Waals surface area contributed by atoms with Gasteiger partial charge in [0, 0.05) is 35.8 Å². The van der Waals surface area contributed by atoms with Gasteiger partial charge in [0.15, 0.2) is 5.76 Å². The highest BCUT2D eigenvalue weighted by Gasteiger charge is 2.28. The van der Waals surface area contributed by atoms with Crippen LogP contribution in [0, 0.1) is 17.0 Å². The lowest BCUT2D eigenvalue weighted by Gasteiger charge is -2.41. The Labute approximate surface area is 185 Å². The van der Waals surface area contributed by atoms with Crippen molar-refractivity contribution in [3.63, 3.8) is 0 Å². The minimum Gasteiger partial charge on any atom is -0.451 e. The van der Waals surface area contributed by atoms with E-state index in [9.17, 15) is 14.9 Å². The van der Waals surface area contributed by atoms with Gasteiger partial charge in [-0.3, -0.25) is 14.9 Å². The number of allylic oxidation sites excluding steroid dienone is 1. The molecule has 0 unspecified atom stereocenters. The second kappa shape index (κ2) is 7.64. The van der Waals surface area contributed by atoms with Gasteiger partial charge < -0.3 is 9.32 Å². The molecular formula is C24H24N4O4. The third-order valence-electron chi connectivity index (χ3n) is 5.91. The predicted octanol–water partition coefficient (Wildman–Crippen LogP) is 5.05. The SMILES string of the molecule is CC1=CC(C)(C)N(C)c2cc(C)c(/C=N\NC(=O)c3cc4cc([N+](=O)[O-])ccc4o3)cc21. The maximum absolute atomic E-state index is 12.4. The molecule has 32 heavy (non-hydrogen) atoms. The monoisotopic (exact) mass is 432 g/mol. The number of hydrogen-bond acceptors (Lipinski definition) is 6. The smallest absolute Gasteiger partial charge is 0.307 e. The standard InChI is InChI=1S/C24H24N4O4/c1-14-8-20-19(15(2)12-24(3,4)27(20)5)10-17(14)13-25-26-23(29)22-11-16-9-18(28(30)31)6-7-21(16)32-22/h6-13H,1-5H3,(H,26,29)/b25-13-. The summed E-state index contributed by atoms with van der Waals surface area (Å²) >= 11 is 0. The number of furan rings is 1. The molecule has 1 amide bonds. The number of aryl methyl sites for hydroxylation is 1. The van der Waals surface area contributed by atoms with Crippen LogP contribution in [0.2, 0.25) is 0 Å². The fourth-order valence-electron chi connectivity index (χ4n) is 3.93. The van der Waals surface area contributed by atoms with Crippen molar-refractivity contribution in [3.8, 4) is 0 Å². The van der Waals surface area contributed by atoms with Crippen LogP contribution in [0.1, 0.15) is 48.0 Å². The maximum Gasteiger partial charge on any atom is 0.307 e. The zero-order valence-corrected chi connectivity index (χ0v) is 18.6. The average molecular weight is 432 g/mol. The fourth-order valence-corrected chi connectivity index (χ4v) is 3.93. The van der Waals surface area contributed by atoms with Gasteiger partial charge in [0.25, 0.3) is 5.69 Å². The molecule has 1 aromatic heterocycles. The van der Waals surface area contributed by atoms with Gasteiger partial charge in [-0.1, -0.05) is 6.08 Å². The normalized spacial score (nSPS) is 15.0. The van der Waals surface area contributed by atoms with E-state index >= 15 is 0 Å². The first-order valence-electron chi connectivity index (χ1n) is 10.2. The zero-order valence-electron chi connectivity index (χ0n) is 18.6. The number of amides is 1. The lowest BCUT2D eigenvalue weighted by atomic mass is 9.87. The number of non-ortho nitro benzene ring substituents is 1. The van der Waals surface area contributed by atoms with Gasteiger partial charge in [-0.25, -0.2) is 5.43 Å². The van der Waals surface area contributed by atoms with Gasteiger partial charge in [-0.05, 0) is 68.7 Å². The Kier molecular flexibility index (Phi) is 5.08. The van der Waals surface area contributed by atoms with Gasteiger partial charge in [0.05, 0.1) is 16.7 Å². The summed E-state index contributed by atoms with van der Waals surface area (Å²) in [4.78, 5) is 25.1. The number of likely N-dealkylation sites (N-methyl/N-ethyl adjacent to an activating group) is 1. The molecule has 8 nitrogen and oxygen atoms in total. The first kappa shape index (κ1) is 21.3. The van der Waals surface area contributed by atoms with Crippen molar-refractivity contribution in [2.24, 2.45) is 5.10 Å². The van der Waals surface area contributed by atoms with Crippen LogP contribution in [0.3, 0.4) is 0 Å². The van der Waals surface area contributed by atoms with E-state index in [1.807, 2.05) is 6.92 Å². The molecular weight excluding hydrogens is 408 g/mol. The number of benzene rings is 2. The molecule has 2 aromatic carbocycles. The molecule has 0 atom stereocenters. The van der Waals surface area contributed by atoms with Crippen molar-refractivity contribution < 1.29 is 14.1 Å². The van der Waals surface area contributed by atoms with E-state index < -0.39 is 10.8 Å². The number of rotatable bonds is 4. The van der Waals surface area contributed by atoms with E-state index in [1.54, 1.807) is 6.21 Å². The highest BCUT2D eigenvalue weighted by molar-refractivity contribution is 5.97. The molecule has 4 rings (SSSR count). The molecule has 0 aliphatic carbocycles. The van der Waals surface area contributed by atoms with Crippen LogP contribution in [0.25, 0.3) is 16.5 Å². The number of hydrogen-bond donors (Lipinski definition) is 1. The number of nitrogens with one attached hydrogen (secondary N) is 1. The zero-order chi connectivity index (χ0) is 23.2. The molecule has 1 aliphatic rings. The second-order valence-corrected chi connectivity index (χ2v) is 8.55. The summed E-state index contributed by atoms with van der Waals surface area (Å²) in [5.41, 5.74) is 8.13. The largest absolute Gasteiger partial charge is 0.451 e. The summed E-state index contributed by atoms with van der Waals surface area (Å²) in [6, 6.07) is 9.82. The predicted molar refractivity (Wildman–Crippen MR) is 125 cm³/mol. The topological polar surface area (TPSA) is 101 Å². The number of nitro groups is 1. The molecule has 1 N–H and O–H groups in total. The van der Waals surface area contributed by atoms with Crippen LogP contribution < -0.4 is 10.3 Å². The maximum atomic E-state index is 12.4. The molecule has 0 saturated heterocycles. The number of anilines is 1. The number of fused-ring (bicyclic) bond motifs is 2. The fraction of sp³-hybridized carbons (Fsp3) is 0.250.